The van der Waals surface area contributed by atoms with E-state index in [2.05, 4.69) is 12.2 Å². The molecular weight excluding hydrogens is 250 g/mol. The molecule has 0 aromatic rings. The van der Waals surface area contributed by atoms with Crippen LogP contribution >= 0.6 is 0 Å². The van der Waals surface area contributed by atoms with Crippen molar-refractivity contribution < 1.29 is 9.90 Å². The molecule has 110 valence electrons. The summed E-state index contributed by atoms with van der Waals surface area (Å²) >= 11 is 0. The summed E-state index contributed by atoms with van der Waals surface area (Å²) in [7, 11) is 0. The van der Waals surface area contributed by atoms with Crippen molar-refractivity contribution in [2.24, 2.45) is 17.8 Å². The van der Waals surface area contributed by atoms with Crippen molar-refractivity contribution in [1.82, 2.24) is 4.90 Å². The molecule has 3 nitrogen and oxygen atoms in total. The molecule has 0 radical (unpaired) electrons. The van der Waals surface area contributed by atoms with E-state index in [0.717, 1.165) is 41.7 Å². The van der Waals surface area contributed by atoms with Crippen molar-refractivity contribution in [2.45, 2.75) is 52.2 Å². The molecule has 20 heavy (non-hydrogen) atoms. The molecule has 1 aliphatic heterocycles. The predicted octanol–water partition coefficient (Wildman–Crippen LogP) is 2.87. The Kier molecular flexibility index (Phi) is 3.72. The Bertz CT molecular complexity index is 466. The average molecular weight is 275 g/mol. The number of hydrogen-bond acceptors (Lipinski definition) is 2. The number of carbonyl (C=O) groups excluding carboxylic acids is 1. The smallest absolute Gasteiger partial charge is 0.251 e. The zero-order valence-electron chi connectivity index (χ0n) is 12.5. The highest BCUT2D eigenvalue weighted by atomic mass is 16.3. The normalized spacial score (nSPS) is 35.8. The van der Waals surface area contributed by atoms with Crippen LogP contribution in [-0.2, 0) is 4.79 Å². The van der Waals surface area contributed by atoms with E-state index in [9.17, 15) is 9.90 Å². The van der Waals surface area contributed by atoms with E-state index >= 15 is 0 Å². The fourth-order valence-corrected chi connectivity index (χ4v) is 4.06. The van der Waals surface area contributed by atoms with Crippen LogP contribution in [-0.4, -0.2) is 28.7 Å². The van der Waals surface area contributed by atoms with Crippen LogP contribution < -0.4 is 0 Å². The maximum atomic E-state index is 12.0. The van der Waals surface area contributed by atoms with Crippen LogP contribution in [0.5, 0.6) is 0 Å². The van der Waals surface area contributed by atoms with E-state index in [1.165, 1.54) is 19.3 Å². The third-order valence-corrected chi connectivity index (χ3v) is 5.50. The molecule has 3 heteroatoms. The van der Waals surface area contributed by atoms with Crippen LogP contribution in [0.4, 0.5) is 0 Å². The lowest BCUT2D eigenvalue weighted by molar-refractivity contribution is -0.131. The number of carbonyl (C=O) groups is 1. The molecule has 0 spiro atoms. The predicted molar refractivity (Wildman–Crippen MR) is 78.8 cm³/mol. The fraction of sp³-hybridized carbons (Fsp3) is 0.706. The van der Waals surface area contributed by atoms with Crippen molar-refractivity contribution in [1.29, 1.82) is 0 Å². The van der Waals surface area contributed by atoms with Gasteiger partial charge in [-0.1, -0.05) is 18.6 Å². The van der Waals surface area contributed by atoms with Gasteiger partial charge in [0.25, 0.3) is 5.91 Å². The minimum atomic E-state index is -0.687. The van der Waals surface area contributed by atoms with Crippen molar-refractivity contribution in [2.75, 3.05) is 6.54 Å². The number of aliphatic hydroxyl groups excluding tert-OH is 1. The van der Waals surface area contributed by atoms with Crippen LogP contribution in [0, 0.1) is 17.8 Å². The van der Waals surface area contributed by atoms with Gasteiger partial charge in [0.1, 0.15) is 0 Å². The zero-order valence-corrected chi connectivity index (χ0v) is 12.5. The number of nitrogens with zero attached hydrogens (tertiary/aromatic N) is 1. The van der Waals surface area contributed by atoms with Gasteiger partial charge >= 0.3 is 0 Å². The van der Waals surface area contributed by atoms with Crippen LogP contribution in [0.25, 0.3) is 0 Å². The largest absolute Gasteiger partial charge is 0.369 e. The summed E-state index contributed by atoms with van der Waals surface area (Å²) in [5.74, 6) is 2.55. The van der Waals surface area contributed by atoms with E-state index in [1.807, 2.05) is 13.8 Å². The van der Waals surface area contributed by atoms with Crippen LogP contribution in [0.15, 0.2) is 23.3 Å². The third kappa shape index (κ3) is 2.32. The summed E-state index contributed by atoms with van der Waals surface area (Å²) in [6, 6.07) is 0. The van der Waals surface area contributed by atoms with Gasteiger partial charge in [0.05, 0.1) is 0 Å². The van der Waals surface area contributed by atoms with Crippen molar-refractivity contribution in [3.8, 4) is 0 Å². The second-order valence-corrected chi connectivity index (χ2v) is 6.72. The van der Waals surface area contributed by atoms with E-state index in [4.69, 9.17) is 0 Å². The molecule has 2 bridgehead atoms. The molecule has 0 aromatic carbocycles. The van der Waals surface area contributed by atoms with Gasteiger partial charge in [-0.05, 0) is 62.9 Å². The second-order valence-electron chi connectivity index (χ2n) is 6.72. The number of allylic oxidation sites excluding steroid dienone is 2. The second kappa shape index (κ2) is 5.36. The number of unbranched alkanes of at least 4 members (excludes halogenated alkanes) is 1. The van der Waals surface area contributed by atoms with E-state index in [-0.39, 0.29) is 5.91 Å². The van der Waals surface area contributed by atoms with Gasteiger partial charge in [-0.15, -0.1) is 0 Å². The molecule has 1 amide bonds. The number of rotatable bonds is 5. The summed E-state index contributed by atoms with van der Waals surface area (Å²) in [5.41, 5.74) is 1.53. The molecular formula is C17H25NO2. The SMILES string of the molecule is CC1=C(C)C(O)N(CCCCC2CC3C=CC2C3)C1=O. The Morgan fingerprint density at radius 1 is 1.25 bits per heavy atom. The molecule has 1 heterocycles. The molecule has 4 atom stereocenters. The minimum absolute atomic E-state index is 0.0119. The molecule has 3 rings (SSSR count). The topological polar surface area (TPSA) is 40.5 Å². The average Bonchev–Trinajstić information content (AvgIpc) is 3.10. The first kappa shape index (κ1) is 13.9. The maximum absolute atomic E-state index is 12.0. The number of amides is 1. The van der Waals surface area contributed by atoms with Gasteiger partial charge in [0.15, 0.2) is 6.23 Å². The first-order valence-electron chi connectivity index (χ1n) is 7.92. The highest BCUT2D eigenvalue weighted by Gasteiger charge is 2.35. The lowest BCUT2D eigenvalue weighted by Gasteiger charge is -2.23. The van der Waals surface area contributed by atoms with Crippen LogP contribution in [0.1, 0.15) is 46.0 Å². The quantitative estimate of drug-likeness (QED) is 0.619. The lowest BCUT2D eigenvalue weighted by atomic mass is 9.89. The maximum Gasteiger partial charge on any atom is 0.251 e. The van der Waals surface area contributed by atoms with Crippen molar-refractivity contribution in [3.05, 3.63) is 23.3 Å². The molecule has 0 aromatic heterocycles. The van der Waals surface area contributed by atoms with Crippen molar-refractivity contribution in [3.63, 3.8) is 0 Å². The van der Waals surface area contributed by atoms with Crippen LogP contribution in [0.3, 0.4) is 0 Å². The first-order chi connectivity index (χ1) is 9.58. The summed E-state index contributed by atoms with van der Waals surface area (Å²) in [4.78, 5) is 13.6. The van der Waals surface area contributed by atoms with E-state index < -0.39 is 6.23 Å². The van der Waals surface area contributed by atoms with Crippen LogP contribution in [0.2, 0.25) is 0 Å². The first-order valence-corrected chi connectivity index (χ1v) is 7.92. The third-order valence-electron chi connectivity index (χ3n) is 5.50. The highest BCUT2D eigenvalue weighted by Crippen LogP contribution is 2.45. The van der Waals surface area contributed by atoms with Gasteiger partial charge in [-0.2, -0.15) is 0 Å². The van der Waals surface area contributed by atoms with Gasteiger partial charge in [-0.25, -0.2) is 0 Å². The fourth-order valence-electron chi connectivity index (χ4n) is 4.06. The Morgan fingerprint density at radius 3 is 2.60 bits per heavy atom. The zero-order chi connectivity index (χ0) is 14.3. The Balaban J connectivity index is 1.41. The number of aliphatic hydroxyl groups is 1. The Hall–Kier alpha value is -1.09. The molecule has 0 saturated heterocycles. The molecule has 1 fully saturated rings. The van der Waals surface area contributed by atoms with Gasteiger partial charge in [0.2, 0.25) is 0 Å². The standard InChI is InChI=1S/C17H25NO2/c1-11-12(2)17(20)18(16(11)19)8-4-3-5-14-9-13-6-7-15(14)10-13/h6-7,13-16,19H,3-5,8-10H2,1-2H3. The molecule has 1 N–H and O–H groups in total. The molecule has 4 unspecified atom stereocenters. The summed E-state index contributed by atoms with van der Waals surface area (Å²) in [5, 5.41) is 10.0. The van der Waals surface area contributed by atoms with E-state index in [0.29, 0.717) is 6.54 Å². The van der Waals surface area contributed by atoms with E-state index in [1.54, 1.807) is 4.90 Å². The summed E-state index contributed by atoms with van der Waals surface area (Å²) < 4.78 is 0. The van der Waals surface area contributed by atoms with Gasteiger partial charge in [0, 0.05) is 12.1 Å². The molecule has 1 saturated carbocycles. The highest BCUT2D eigenvalue weighted by molar-refractivity contribution is 5.96. The lowest BCUT2D eigenvalue weighted by Crippen LogP contribution is -2.36. The van der Waals surface area contributed by atoms with Crippen molar-refractivity contribution >= 4 is 5.91 Å². The number of hydrogen-bond donors (Lipinski definition) is 1. The molecule has 3 aliphatic rings. The monoisotopic (exact) mass is 275 g/mol. The minimum Gasteiger partial charge on any atom is -0.369 e. The summed E-state index contributed by atoms with van der Waals surface area (Å²) in [6.45, 7) is 4.34. The Morgan fingerprint density at radius 2 is 2.05 bits per heavy atom. The van der Waals surface area contributed by atoms with Gasteiger partial charge < -0.3 is 10.0 Å². The molecule has 2 aliphatic carbocycles. The Labute approximate surface area is 121 Å². The number of fused-ring (bicyclic) bond motifs is 2. The van der Waals surface area contributed by atoms with Gasteiger partial charge in [-0.3, -0.25) is 4.79 Å². The summed E-state index contributed by atoms with van der Waals surface area (Å²) in [6.07, 6.45) is 10.3.